The molecule has 0 saturated heterocycles. The molecule has 0 aliphatic carbocycles. The molecule has 1 heterocycles. The molecule has 0 fully saturated rings. The summed E-state index contributed by atoms with van der Waals surface area (Å²) in [5.41, 5.74) is 0.808. The van der Waals surface area contributed by atoms with Crippen molar-refractivity contribution in [2.75, 3.05) is 0 Å². The lowest BCUT2D eigenvalue weighted by Crippen LogP contribution is -2.45. The van der Waals surface area contributed by atoms with Gasteiger partial charge in [0.05, 0.1) is 17.7 Å². The highest BCUT2D eigenvalue weighted by atomic mass is 19.1. The highest BCUT2D eigenvalue weighted by Gasteiger charge is 2.34. The van der Waals surface area contributed by atoms with Crippen LogP contribution in [0.2, 0.25) is 0 Å². The van der Waals surface area contributed by atoms with Gasteiger partial charge in [-0.15, -0.1) is 0 Å². The number of ether oxygens (including phenoxy) is 1. The summed E-state index contributed by atoms with van der Waals surface area (Å²) in [6.45, 7) is 5.27. The van der Waals surface area contributed by atoms with Crippen molar-refractivity contribution in [2.45, 2.75) is 39.3 Å². The van der Waals surface area contributed by atoms with Crippen LogP contribution in [0.25, 0.3) is 0 Å². The predicted molar refractivity (Wildman–Crippen MR) is 79.4 cm³/mol. The molecule has 2 N–H and O–H groups in total. The molecule has 6 heteroatoms. The zero-order valence-corrected chi connectivity index (χ0v) is 12.8. The Bertz CT molecular complexity index is 628. The standard InChI is InChI=1S/C16H19FN2O3/c1-4-9(2)22-15(20)13-10(3)18-16(21)19-14(13)11-7-5-6-8-12(11)17/h5-9,14H,4H2,1-3H3,(H2,18,19,21)/t9-,14+/m0/s1. The number of esters is 1. The molecule has 22 heavy (non-hydrogen) atoms. The highest BCUT2D eigenvalue weighted by molar-refractivity contribution is 5.95. The fourth-order valence-electron chi connectivity index (χ4n) is 2.24. The summed E-state index contributed by atoms with van der Waals surface area (Å²) in [6.07, 6.45) is 0.411. The summed E-state index contributed by atoms with van der Waals surface area (Å²) < 4.78 is 19.4. The van der Waals surface area contributed by atoms with E-state index >= 15 is 0 Å². The Balaban J connectivity index is 2.41. The number of allylic oxidation sites excluding steroid dienone is 1. The summed E-state index contributed by atoms with van der Waals surface area (Å²) >= 11 is 0. The number of hydrogen-bond donors (Lipinski definition) is 2. The first-order valence-corrected chi connectivity index (χ1v) is 7.17. The molecule has 0 spiro atoms. The molecule has 5 nitrogen and oxygen atoms in total. The third-order valence-electron chi connectivity index (χ3n) is 3.59. The maximum Gasteiger partial charge on any atom is 0.338 e. The maximum absolute atomic E-state index is 14.0. The second-order valence-corrected chi connectivity index (χ2v) is 5.22. The normalized spacial score (nSPS) is 19.3. The van der Waals surface area contributed by atoms with E-state index in [9.17, 15) is 14.0 Å². The molecule has 0 aromatic heterocycles. The fraction of sp³-hybridized carbons (Fsp3) is 0.375. The van der Waals surface area contributed by atoms with Crippen LogP contribution in [0.5, 0.6) is 0 Å². The third kappa shape index (κ3) is 3.27. The first kappa shape index (κ1) is 16.0. The fourth-order valence-corrected chi connectivity index (χ4v) is 2.24. The summed E-state index contributed by atoms with van der Waals surface area (Å²) in [7, 11) is 0. The van der Waals surface area contributed by atoms with Crippen molar-refractivity contribution in [1.29, 1.82) is 0 Å². The van der Waals surface area contributed by atoms with Crippen LogP contribution >= 0.6 is 0 Å². The molecular formula is C16H19FN2O3. The number of carbonyl (C=O) groups is 2. The Morgan fingerprint density at radius 2 is 2.09 bits per heavy atom. The van der Waals surface area contributed by atoms with Gasteiger partial charge in [-0.2, -0.15) is 0 Å². The van der Waals surface area contributed by atoms with Crippen molar-refractivity contribution < 1.29 is 18.7 Å². The van der Waals surface area contributed by atoms with Crippen molar-refractivity contribution in [1.82, 2.24) is 10.6 Å². The minimum Gasteiger partial charge on any atom is -0.459 e. The van der Waals surface area contributed by atoms with Gasteiger partial charge in [0, 0.05) is 11.3 Å². The summed E-state index contributed by atoms with van der Waals surface area (Å²) in [5, 5.41) is 5.10. The maximum atomic E-state index is 14.0. The molecule has 1 aromatic carbocycles. The third-order valence-corrected chi connectivity index (χ3v) is 3.59. The average Bonchev–Trinajstić information content (AvgIpc) is 2.46. The molecular weight excluding hydrogens is 287 g/mol. The summed E-state index contributed by atoms with van der Waals surface area (Å²) in [5.74, 6) is -1.05. The van der Waals surface area contributed by atoms with Gasteiger partial charge >= 0.3 is 12.0 Å². The smallest absolute Gasteiger partial charge is 0.338 e. The quantitative estimate of drug-likeness (QED) is 0.841. The van der Waals surface area contributed by atoms with E-state index in [-0.39, 0.29) is 17.2 Å². The number of carbonyl (C=O) groups excluding carboxylic acids is 2. The monoisotopic (exact) mass is 306 g/mol. The Morgan fingerprint density at radius 1 is 1.41 bits per heavy atom. The molecule has 2 atom stereocenters. The number of urea groups is 1. The van der Waals surface area contributed by atoms with Gasteiger partial charge in [0.2, 0.25) is 0 Å². The lowest BCUT2D eigenvalue weighted by molar-refractivity contribution is -0.144. The number of amides is 2. The zero-order chi connectivity index (χ0) is 16.3. The highest BCUT2D eigenvalue weighted by Crippen LogP contribution is 2.29. The van der Waals surface area contributed by atoms with E-state index in [2.05, 4.69) is 10.6 Å². The number of nitrogens with one attached hydrogen (secondary N) is 2. The van der Waals surface area contributed by atoms with Crippen LogP contribution < -0.4 is 10.6 Å². The van der Waals surface area contributed by atoms with E-state index in [1.54, 1.807) is 26.0 Å². The molecule has 1 aromatic rings. The Labute approximate surface area is 128 Å². The van der Waals surface area contributed by atoms with Crippen molar-refractivity contribution in [3.05, 3.63) is 46.9 Å². The lowest BCUT2D eigenvalue weighted by Gasteiger charge is -2.29. The van der Waals surface area contributed by atoms with E-state index in [0.717, 1.165) is 0 Å². The Morgan fingerprint density at radius 3 is 2.73 bits per heavy atom. The largest absolute Gasteiger partial charge is 0.459 e. The van der Waals surface area contributed by atoms with Gasteiger partial charge < -0.3 is 15.4 Å². The van der Waals surface area contributed by atoms with E-state index in [4.69, 9.17) is 4.74 Å². The van der Waals surface area contributed by atoms with Crippen molar-refractivity contribution in [3.8, 4) is 0 Å². The molecule has 2 amide bonds. The molecule has 2 rings (SSSR count). The van der Waals surface area contributed by atoms with Crippen LogP contribution in [0.4, 0.5) is 9.18 Å². The van der Waals surface area contributed by atoms with E-state index in [0.29, 0.717) is 12.1 Å². The van der Waals surface area contributed by atoms with E-state index in [1.807, 2.05) is 6.92 Å². The van der Waals surface area contributed by atoms with E-state index < -0.39 is 23.9 Å². The van der Waals surface area contributed by atoms with Gasteiger partial charge in [-0.05, 0) is 26.3 Å². The molecule has 118 valence electrons. The van der Waals surface area contributed by atoms with Crippen LogP contribution in [0.15, 0.2) is 35.5 Å². The number of halogens is 1. The Hall–Kier alpha value is -2.37. The van der Waals surface area contributed by atoms with Gasteiger partial charge in [0.15, 0.2) is 0 Å². The van der Waals surface area contributed by atoms with E-state index in [1.165, 1.54) is 12.1 Å². The molecule has 0 unspecified atom stereocenters. The lowest BCUT2D eigenvalue weighted by atomic mass is 9.95. The summed E-state index contributed by atoms with van der Waals surface area (Å²) in [4.78, 5) is 24.1. The van der Waals surface area contributed by atoms with Crippen LogP contribution in [-0.4, -0.2) is 18.1 Å². The zero-order valence-electron chi connectivity index (χ0n) is 12.8. The predicted octanol–water partition coefficient (Wildman–Crippen LogP) is 2.80. The van der Waals surface area contributed by atoms with Crippen molar-refractivity contribution >= 4 is 12.0 Å². The molecule has 0 saturated carbocycles. The van der Waals surface area contributed by atoms with Crippen LogP contribution in [0.1, 0.15) is 38.8 Å². The second kappa shape index (κ2) is 6.60. The Kier molecular flexibility index (Phi) is 4.80. The van der Waals surface area contributed by atoms with Crippen LogP contribution in [0, 0.1) is 5.82 Å². The van der Waals surface area contributed by atoms with Gasteiger partial charge in [0.1, 0.15) is 5.82 Å². The number of benzene rings is 1. The van der Waals surface area contributed by atoms with Gasteiger partial charge in [0.25, 0.3) is 0 Å². The molecule has 1 aliphatic heterocycles. The van der Waals surface area contributed by atoms with Gasteiger partial charge in [-0.25, -0.2) is 14.0 Å². The van der Waals surface area contributed by atoms with Crippen molar-refractivity contribution in [2.24, 2.45) is 0 Å². The molecule has 1 aliphatic rings. The average molecular weight is 306 g/mol. The molecule has 0 bridgehead atoms. The van der Waals surface area contributed by atoms with Gasteiger partial charge in [-0.3, -0.25) is 0 Å². The number of hydrogen-bond acceptors (Lipinski definition) is 3. The van der Waals surface area contributed by atoms with Crippen molar-refractivity contribution in [3.63, 3.8) is 0 Å². The number of rotatable bonds is 4. The first-order valence-electron chi connectivity index (χ1n) is 7.17. The first-order chi connectivity index (χ1) is 10.4. The molecule has 0 radical (unpaired) electrons. The van der Waals surface area contributed by atoms with Crippen LogP contribution in [0.3, 0.4) is 0 Å². The minimum atomic E-state index is -0.869. The summed E-state index contributed by atoms with van der Waals surface area (Å²) in [6, 6.07) is 4.68. The topological polar surface area (TPSA) is 67.4 Å². The van der Waals surface area contributed by atoms with Gasteiger partial charge in [-0.1, -0.05) is 25.1 Å². The SMILES string of the molecule is CC[C@H](C)OC(=O)C1=C(C)NC(=O)N[C@@H]1c1ccccc1F. The van der Waals surface area contributed by atoms with Crippen LogP contribution in [-0.2, 0) is 9.53 Å². The minimum absolute atomic E-state index is 0.213. The second-order valence-electron chi connectivity index (χ2n) is 5.22.